The fourth-order valence-corrected chi connectivity index (χ4v) is 5.38. The van der Waals surface area contributed by atoms with Gasteiger partial charge in [-0.25, -0.2) is 4.98 Å². The van der Waals surface area contributed by atoms with Crippen LogP contribution in [0, 0.1) is 6.92 Å². The number of amides is 1. The quantitative estimate of drug-likeness (QED) is 0.328. The molecule has 5 heteroatoms. The molecule has 1 aliphatic carbocycles. The third-order valence-electron chi connectivity index (χ3n) is 5.93. The van der Waals surface area contributed by atoms with Gasteiger partial charge in [0.05, 0.1) is 10.2 Å². The summed E-state index contributed by atoms with van der Waals surface area (Å²) >= 11 is 1.66. The van der Waals surface area contributed by atoms with Gasteiger partial charge in [0.15, 0.2) is 5.78 Å². The van der Waals surface area contributed by atoms with E-state index in [1.54, 1.807) is 35.6 Å². The van der Waals surface area contributed by atoms with Gasteiger partial charge in [0.25, 0.3) is 5.91 Å². The smallest absolute Gasteiger partial charge is 0.256 e. The number of thiazole rings is 1. The molecule has 0 saturated carbocycles. The minimum Gasteiger partial charge on any atom is -0.322 e. The third-order valence-corrected chi connectivity index (χ3v) is 7.00. The first kappa shape index (κ1) is 19.6. The number of rotatable bonds is 3. The topological polar surface area (TPSA) is 59.1 Å². The minimum absolute atomic E-state index is 0.0365. The van der Waals surface area contributed by atoms with Gasteiger partial charge in [0.2, 0.25) is 0 Å². The molecule has 1 heterocycles. The SMILES string of the molecule is Cc1ccc2nc(-c3ccc(NC(=O)c4cccc5c4-c4ccccc4C5=O)cc3)sc2c1. The standard InChI is InChI=1S/C28H18N2O2S/c1-16-9-14-23-24(15-16)33-28(30-23)17-10-12-18(13-11-17)29-27(32)22-8-4-7-21-25(22)19-5-2-3-6-20(19)26(21)31/h2-15H,1H3,(H,29,32). The molecule has 0 unspecified atom stereocenters. The number of anilines is 1. The van der Waals surface area contributed by atoms with Crippen molar-refractivity contribution in [1.82, 2.24) is 4.98 Å². The van der Waals surface area contributed by atoms with Crippen molar-refractivity contribution in [2.45, 2.75) is 6.92 Å². The van der Waals surface area contributed by atoms with Gasteiger partial charge < -0.3 is 5.32 Å². The van der Waals surface area contributed by atoms with Crippen molar-refractivity contribution in [3.8, 4) is 21.7 Å². The van der Waals surface area contributed by atoms with E-state index in [0.29, 0.717) is 27.9 Å². The number of nitrogens with one attached hydrogen (secondary N) is 1. The number of carbonyl (C=O) groups is 2. The summed E-state index contributed by atoms with van der Waals surface area (Å²) in [4.78, 5) is 30.6. The summed E-state index contributed by atoms with van der Waals surface area (Å²) in [6.07, 6.45) is 0. The van der Waals surface area contributed by atoms with Crippen LogP contribution in [0.2, 0.25) is 0 Å². The Morgan fingerprint density at radius 2 is 1.61 bits per heavy atom. The molecule has 0 spiro atoms. The van der Waals surface area contributed by atoms with Crippen LogP contribution in [0.1, 0.15) is 31.8 Å². The van der Waals surface area contributed by atoms with E-state index in [-0.39, 0.29) is 11.7 Å². The molecule has 0 radical (unpaired) electrons. The summed E-state index contributed by atoms with van der Waals surface area (Å²) in [7, 11) is 0. The summed E-state index contributed by atoms with van der Waals surface area (Å²) in [5, 5.41) is 3.93. The number of hydrogen-bond acceptors (Lipinski definition) is 4. The number of hydrogen-bond donors (Lipinski definition) is 1. The number of fused-ring (bicyclic) bond motifs is 4. The Labute approximate surface area is 194 Å². The molecule has 6 rings (SSSR count). The van der Waals surface area contributed by atoms with E-state index < -0.39 is 0 Å². The molecule has 0 bridgehead atoms. The predicted molar refractivity (Wildman–Crippen MR) is 133 cm³/mol. The second kappa shape index (κ2) is 7.50. The van der Waals surface area contributed by atoms with Crippen LogP contribution in [0.25, 0.3) is 31.9 Å². The monoisotopic (exact) mass is 446 g/mol. The van der Waals surface area contributed by atoms with Crippen molar-refractivity contribution in [3.05, 3.63) is 107 Å². The Balaban J connectivity index is 1.29. The van der Waals surface area contributed by atoms with E-state index in [1.165, 1.54) is 5.56 Å². The molecule has 0 saturated heterocycles. The van der Waals surface area contributed by atoms with Crippen LogP contribution in [0.5, 0.6) is 0 Å². The Morgan fingerprint density at radius 3 is 2.42 bits per heavy atom. The zero-order valence-corrected chi connectivity index (χ0v) is 18.6. The maximum absolute atomic E-state index is 13.2. The van der Waals surface area contributed by atoms with E-state index in [4.69, 9.17) is 4.98 Å². The Kier molecular flexibility index (Phi) is 4.45. The predicted octanol–water partition coefficient (Wildman–Crippen LogP) is 6.74. The molecular formula is C28H18N2O2S. The minimum atomic E-state index is -0.237. The van der Waals surface area contributed by atoms with Crippen molar-refractivity contribution in [1.29, 1.82) is 0 Å². The van der Waals surface area contributed by atoms with E-state index in [1.807, 2.05) is 48.5 Å². The van der Waals surface area contributed by atoms with Gasteiger partial charge in [-0.1, -0.05) is 42.5 Å². The van der Waals surface area contributed by atoms with E-state index in [0.717, 1.165) is 26.4 Å². The highest BCUT2D eigenvalue weighted by atomic mass is 32.1. The van der Waals surface area contributed by atoms with Gasteiger partial charge >= 0.3 is 0 Å². The highest BCUT2D eigenvalue weighted by molar-refractivity contribution is 7.21. The average Bonchev–Trinajstić information content (AvgIpc) is 3.39. The van der Waals surface area contributed by atoms with Crippen LogP contribution in [0.15, 0.2) is 84.9 Å². The largest absolute Gasteiger partial charge is 0.322 e. The summed E-state index contributed by atoms with van der Waals surface area (Å²) in [5.74, 6) is -0.273. The zero-order valence-electron chi connectivity index (χ0n) is 17.8. The number of aromatic nitrogens is 1. The second-order valence-electron chi connectivity index (χ2n) is 8.12. The number of nitrogens with zero attached hydrogens (tertiary/aromatic N) is 1. The average molecular weight is 447 g/mol. The highest BCUT2D eigenvalue weighted by Gasteiger charge is 2.30. The van der Waals surface area contributed by atoms with Gasteiger partial charge in [-0.3, -0.25) is 9.59 Å². The molecule has 158 valence electrons. The molecule has 0 atom stereocenters. The lowest BCUT2D eigenvalue weighted by Crippen LogP contribution is -2.13. The fraction of sp³-hybridized carbons (Fsp3) is 0.0357. The molecular weight excluding hydrogens is 428 g/mol. The summed E-state index contributed by atoms with van der Waals surface area (Å²) in [6.45, 7) is 2.08. The Hall–Kier alpha value is -4.09. The molecule has 4 nitrogen and oxygen atoms in total. The molecule has 5 aromatic rings. The van der Waals surface area contributed by atoms with E-state index in [2.05, 4.69) is 24.4 Å². The first-order chi connectivity index (χ1) is 16.1. The molecule has 1 amide bonds. The molecule has 1 aromatic heterocycles. The molecule has 0 aliphatic heterocycles. The maximum Gasteiger partial charge on any atom is 0.256 e. The van der Waals surface area contributed by atoms with Crippen molar-refractivity contribution >= 4 is 38.9 Å². The lowest BCUT2D eigenvalue weighted by molar-refractivity contribution is 0.102. The van der Waals surface area contributed by atoms with E-state index in [9.17, 15) is 9.59 Å². The number of carbonyl (C=O) groups excluding carboxylic acids is 2. The van der Waals surface area contributed by atoms with Crippen molar-refractivity contribution < 1.29 is 9.59 Å². The maximum atomic E-state index is 13.2. The van der Waals surface area contributed by atoms with Gasteiger partial charge in [-0.05, 0) is 60.5 Å². The van der Waals surface area contributed by atoms with E-state index >= 15 is 0 Å². The normalized spacial score (nSPS) is 12.0. The van der Waals surface area contributed by atoms with Crippen LogP contribution in [0.4, 0.5) is 5.69 Å². The number of aryl methyl sites for hydroxylation is 1. The first-order valence-electron chi connectivity index (χ1n) is 10.6. The molecule has 0 fully saturated rings. The molecule has 1 N–H and O–H groups in total. The van der Waals surface area contributed by atoms with Crippen molar-refractivity contribution in [2.24, 2.45) is 0 Å². The summed E-state index contributed by atoms with van der Waals surface area (Å²) in [5.41, 5.74) is 7.13. The van der Waals surface area contributed by atoms with Crippen LogP contribution >= 0.6 is 11.3 Å². The van der Waals surface area contributed by atoms with Crippen LogP contribution in [0.3, 0.4) is 0 Å². The van der Waals surface area contributed by atoms with Crippen LogP contribution < -0.4 is 5.32 Å². The molecule has 1 aliphatic rings. The lowest BCUT2D eigenvalue weighted by Gasteiger charge is -2.10. The highest BCUT2D eigenvalue weighted by Crippen LogP contribution is 2.39. The number of ketones is 1. The van der Waals surface area contributed by atoms with Crippen molar-refractivity contribution in [2.75, 3.05) is 5.32 Å². The van der Waals surface area contributed by atoms with Crippen LogP contribution in [-0.4, -0.2) is 16.7 Å². The summed E-state index contributed by atoms with van der Waals surface area (Å²) in [6, 6.07) is 26.7. The second-order valence-corrected chi connectivity index (χ2v) is 9.16. The Morgan fingerprint density at radius 1 is 0.848 bits per heavy atom. The zero-order chi connectivity index (χ0) is 22.5. The molecule has 4 aromatic carbocycles. The van der Waals surface area contributed by atoms with Gasteiger partial charge in [-0.15, -0.1) is 11.3 Å². The van der Waals surface area contributed by atoms with Crippen molar-refractivity contribution in [3.63, 3.8) is 0 Å². The van der Waals surface area contributed by atoms with Gasteiger partial charge in [0, 0.05) is 33.5 Å². The first-order valence-corrected chi connectivity index (χ1v) is 11.5. The fourth-order valence-electron chi connectivity index (χ4n) is 4.32. The lowest BCUT2D eigenvalue weighted by atomic mass is 9.99. The number of benzene rings is 4. The van der Waals surface area contributed by atoms with Gasteiger partial charge in [-0.2, -0.15) is 0 Å². The molecule has 33 heavy (non-hydrogen) atoms. The Bertz CT molecular complexity index is 1580. The summed E-state index contributed by atoms with van der Waals surface area (Å²) < 4.78 is 1.16. The third kappa shape index (κ3) is 3.25. The van der Waals surface area contributed by atoms with Crippen LogP contribution in [-0.2, 0) is 0 Å². The van der Waals surface area contributed by atoms with Gasteiger partial charge in [0.1, 0.15) is 5.01 Å².